The molecule has 1 atom stereocenters. The molecule has 0 saturated heterocycles. The summed E-state index contributed by atoms with van der Waals surface area (Å²) in [4.78, 5) is 35.9. The summed E-state index contributed by atoms with van der Waals surface area (Å²) in [5, 5.41) is 5.70. The number of nitrogens with two attached hydrogens (primary N) is 1. The van der Waals surface area contributed by atoms with Gasteiger partial charge >= 0.3 is 0 Å². The first-order valence-electron chi connectivity index (χ1n) is 8.55. The molecule has 0 bridgehead atoms. The van der Waals surface area contributed by atoms with Crippen LogP contribution in [0.1, 0.15) is 19.4 Å². The normalized spacial score (nSPS) is 11.5. The van der Waals surface area contributed by atoms with Gasteiger partial charge in [-0.3, -0.25) is 14.4 Å². The van der Waals surface area contributed by atoms with E-state index in [0.717, 1.165) is 5.56 Å². The molecule has 0 saturated carbocycles. The Bertz CT molecular complexity index is 883. The van der Waals surface area contributed by atoms with Crippen molar-refractivity contribution < 1.29 is 9.59 Å². The Hall–Kier alpha value is -2.35. The number of hydrogen-bond acceptors (Lipinski definition) is 4. The molecule has 0 spiro atoms. The first-order chi connectivity index (χ1) is 12.8. The number of hydrogen-bond donors (Lipinski definition) is 3. The van der Waals surface area contributed by atoms with Crippen LogP contribution in [0.3, 0.4) is 0 Å². The zero-order valence-corrected chi connectivity index (χ0v) is 17.2. The van der Waals surface area contributed by atoms with Gasteiger partial charge in [0.25, 0.3) is 5.56 Å². The summed E-state index contributed by atoms with van der Waals surface area (Å²) in [5.41, 5.74) is 6.74. The molecular weight excluding hydrogens is 403 g/mol. The Morgan fingerprint density at radius 3 is 2.50 bits per heavy atom. The van der Waals surface area contributed by atoms with Crippen LogP contribution in [0.5, 0.6) is 0 Å². The fourth-order valence-corrected chi connectivity index (χ4v) is 2.53. The van der Waals surface area contributed by atoms with E-state index < -0.39 is 11.9 Å². The number of nitrogens with zero attached hydrogens (tertiary/aromatic N) is 1. The van der Waals surface area contributed by atoms with E-state index in [9.17, 15) is 14.4 Å². The molecule has 0 radical (unpaired) electrons. The number of carbonyl (C=O) groups excluding carboxylic acids is 2. The monoisotopic (exact) mass is 426 g/mol. The van der Waals surface area contributed by atoms with Gasteiger partial charge in [-0.2, -0.15) is 0 Å². The lowest BCUT2D eigenvalue weighted by Gasteiger charge is -2.15. The first kappa shape index (κ1) is 23.7. The highest BCUT2D eigenvalue weighted by molar-refractivity contribution is 6.31. The van der Waals surface area contributed by atoms with Gasteiger partial charge in [0, 0.05) is 17.3 Å². The average molecular weight is 427 g/mol. The van der Waals surface area contributed by atoms with Crippen LogP contribution in [0, 0.1) is 5.92 Å². The Balaban J connectivity index is 0.00000392. The number of amides is 2. The van der Waals surface area contributed by atoms with Gasteiger partial charge in [0.15, 0.2) is 0 Å². The van der Waals surface area contributed by atoms with Crippen LogP contribution in [-0.2, 0) is 16.1 Å². The molecule has 9 heteroatoms. The highest BCUT2D eigenvalue weighted by Gasteiger charge is 2.17. The van der Waals surface area contributed by atoms with Crippen molar-refractivity contribution in [1.82, 2.24) is 9.88 Å². The van der Waals surface area contributed by atoms with Gasteiger partial charge in [-0.15, -0.1) is 12.4 Å². The van der Waals surface area contributed by atoms with Crippen molar-refractivity contribution in [3.8, 4) is 0 Å². The number of aromatic nitrogens is 1. The molecular formula is C19H24Cl2N4O3. The van der Waals surface area contributed by atoms with Gasteiger partial charge < -0.3 is 20.9 Å². The fraction of sp³-hybridized carbons (Fsp3) is 0.316. The molecule has 1 aromatic heterocycles. The van der Waals surface area contributed by atoms with Gasteiger partial charge in [-0.1, -0.05) is 43.6 Å². The maximum absolute atomic E-state index is 12.1. The number of carbonyl (C=O) groups is 2. The molecule has 2 rings (SSSR count). The van der Waals surface area contributed by atoms with E-state index in [1.165, 1.54) is 22.9 Å². The molecule has 0 aliphatic rings. The summed E-state index contributed by atoms with van der Waals surface area (Å²) < 4.78 is 1.45. The number of halogens is 2. The van der Waals surface area contributed by atoms with Crippen LogP contribution in [-0.4, -0.2) is 29.0 Å². The third-order valence-corrected chi connectivity index (χ3v) is 4.38. The third kappa shape index (κ3) is 6.67. The van der Waals surface area contributed by atoms with Crippen LogP contribution in [0.4, 0.5) is 5.69 Å². The van der Waals surface area contributed by atoms with Crippen molar-refractivity contribution in [2.45, 2.75) is 26.4 Å². The van der Waals surface area contributed by atoms with Crippen LogP contribution in [0.2, 0.25) is 5.02 Å². The van der Waals surface area contributed by atoms with Crippen LogP contribution in [0.25, 0.3) is 0 Å². The maximum Gasteiger partial charge on any atom is 0.250 e. The molecule has 2 aromatic rings. The first-order valence-corrected chi connectivity index (χ1v) is 8.92. The van der Waals surface area contributed by atoms with Crippen molar-refractivity contribution in [2.24, 2.45) is 11.7 Å². The number of benzene rings is 1. The highest BCUT2D eigenvalue weighted by atomic mass is 35.5. The molecule has 0 aliphatic carbocycles. The van der Waals surface area contributed by atoms with E-state index in [0.29, 0.717) is 10.7 Å². The Kier molecular flexibility index (Phi) is 9.18. The summed E-state index contributed by atoms with van der Waals surface area (Å²) in [6, 6.07) is 9.42. The average Bonchev–Trinajstić information content (AvgIpc) is 2.63. The van der Waals surface area contributed by atoms with Crippen molar-refractivity contribution in [3.63, 3.8) is 0 Å². The van der Waals surface area contributed by atoms with E-state index in [2.05, 4.69) is 10.6 Å². The van der Waals surface area contributed by atoms with Crippen molar-refractivity contribution in [2.75, 3.05) is 11.9 Å². The van der Waals surface area contributed by atoms with Crippen molar-refractivity contribution in [1.29, 1.82) is 0 Å². The van der Waals surface area contributed by atoms with Gasteiger partial charge in [-0.25, -0.2) is 0 Å². The minimum absolute atomic E-state index is 0. The van der Waals surface area contributed by atoms with E-state index in [-0.39, 0.29) is 42.9 Å². The molecule has 4 N–H and O–H groups in total. The quantitative estimate of drug-likeness (QED) is 0.629. The summed E-state index contributed by atoms with van der Waals surface area (Å²) in [6.07, 6.45) is 1.53. The van der Waals surface area contributed by atoms with Crippen LogP contribution < -0.4 is 21.9 Å². The minimum atomic E-state index is -0.671. The second kappa shape index (κ2) is 10.8. The summed E-state index contributed by atoms with van der Waals surface area (Å²) in [5.74, 6) is -0.826. The van der Waals surface area contributed by atoms with E-state index in [1.807, 2.05) is 32.0 Å². The lowest BCUT2D eigenvalue weighted by Crippen LogP contribution is -2.46. The molecule has 0 unspecified atom stereocenters. The van der Waals surface area contributed by atoms with Crippen molar-refractivity contribution in [3.05, 3.63) is 63.5 Å². The lowest BCUT2D eigenvalue weighted by molar-refractivity contribution is -0.125. The molecule has 2 amide bonds. The molecule has 7 nitrogen and oxygen atoms in total. The SMILES string of the molecule is CC(C)[C@H](N)C(=O)NCC(=O)Nc1ccc(=O)n(Cc2ccccc2Cl)c1.Cl. The topological polar surface area (TPSA) is 106 Å². The third-order valence-electron chi connectivity index (χ3n) is 4.01. The summed E-state index contributed by atoms with van der Waals surface area (Å²) >= 11 is 6.13. The van der Waals surface area contributed by atoms with E-state index in [1.54, 1.807) is 6.07 Å². The van der Waals surface area contributed by atoms with E-state index >= 15 is 0 Å². The molecule has 1 heterocycles. The second-order valence-electron chi connectivity index (χ2n) is 6.51. The predicted molar refractivity (Wildman–Crippen MR) is 113 cm³/mol. The highest BCUT2D eigenvalue weighted by Crippen LogP contribution is 2.16. The fourth-order valence-electron chi connectivity index (χ4n) is 2.33. The van der Waals surface area contributed by atoms with Crippen LogP contribution in [0.15, 0.2) is 47.4 Å². The zero-order valence-electron chi connectivity index (χ0n) is 15.6. The molecule has 28 heavy (non-hydrogen) atoms. The van der Waals surface area contributed by atoms with Crippen molar-refractivity contribution >= 4 is 41.5 Å². The Morgan fingerprint density at radius 1 is 1.18 bits per heavy atom. The smallest absolute Gasteiger partial charge is 0.250 e. The zero-order chi connectivity index (χ0) is 20.0. The Labute approximate surface area is 174 Å². The van der Waals surface area contributed by atoms with Gasteiger partial charge in [0.1, 0.15) is 0 Å². The Morgan fingerprint density at radius 2 is 1.86 bits per heavy atom. The molecule has 0 aliphatic heterocycles. The number of rotatable bonds is 7. The van der Waals surface area contributed by atoms with Gasteiger partial charge in [0.05, 0.1) is 24.8 Å². The largest absolute Gasteiger partial charge is 0.346 e. The predicted octanol–water partition coefficient (Wildman–Crippen LogP) is 2.01. The van der Waals surface area contributed by atoms with E-state index in [4.69, 9.17) is 17.3 Å². The standard InChI is InChI=1S/C19H23ClN4O3.ClH/c1-12(2)18(21)19(27)22-9-16(25)23-14-7-8-17(26)24(11-14)10-13-5-3-4-6-15(13)20;/h3-8,11-12,18H,9-10,21H2,1-2H3,(H,22,27)(H,23,25);1H/t18-;/m0./s1. The molecule has 152 valence electrons. The van der Waals surface area contributed by atoms with Crippen LogP contribution >= 0.6 is 24.0 Å². The summed E-state index contributed by atoms with van der Waals surface area (Å²) in [7, 11) is 0. The minimum Gasteiger partial charge on any atom is -0.346 e. The molecule has 1 aromatic carbocycles. The number of anilines is 1. The maximum atomic E-state index is 12.1. The lowest BCUT2D eigenvalue weighted by atomic mass is 10.1. The number of nitrogens with one attached hydrogen (secondary N) is 2. The van der Waals surface area contributed by atoms with Gasteiger partial charge in [0.2, 0.25) is 11.8 Å². The summed E-state index contributed by atoms with van der Waals surface area (Å²) in [6.45, 7) is 3.73. The molecule has 0 fully saturated rings. The second-order valence-corrected chi connectivity index (χ2v) is 6.92. The number of pyridine rings is 1. The van der Waals surface area contributed by atoms with Gasteiger partial charge in [-0.05, 0) is 23.6 Å².